The Morgan fingerprint density at radius 3 is 2.30 bits per heavy atom. The van der Waals surface area contributed by atoms with E-state index in [1.807, 2.05) is 43.4 Å². The fraction of sp³-hybridized carbons (Fsp3) is 0.294. The molecule has 2 aromatic carbocycles. The van der Waals surface area contributed by atoms with E-state index in [9.17, 15) is 4.39 Å². The summed E-state index contributed by atoms with van der Waals surface area (Å²) in [5.41, 5.74) is 2.33. The highest BCUT2D eigenvalue weighted by Crippen LogP contribution is 2.11. The highest BCUT2D eigenvalue weighted by Gasteiger charge is 2.01. The van der Waals surface area contributed by atoms with E-state index in [4.69, 9.17) is 4.74 Å². The van der Waals surface area contributed by atoms with Gasteiger partial charge in [0, 0.05) is 13.1 Å². The van der Waals surface area contributed by atoms with Crippen molar-refractivity contribution in [2.45, 2.75) is 13.5 Å². The van der Waals surface area contributed by atoms with Crippen LogP contribution in [-0.2, 0) is 6.54 Å². The Morgan fingerprint density at radius 1 is 1.00 bits per heavy atom. The van der Waals surface area contributed by atoms with E-state index in [1.54, 1.807) is 0 Å². The summed E-state index contributed by atoms with van der Waals surface area (Å²) in [6, 6.07) is 14.6. The Labute approximate surface area is 119 Å². The van der Waals surface area contributed by atoms with Gasteiger partial charge in [-0.05, 0) is 43.8 Å². The summed E-state index contributed by atoms with van der Waals surface area (Å²) >= 11 is 0. The van der Waals surface area contributed by atoms with Crippen molar-refractivity contribution in [2.75, 3.05) is 20.2 Å². The molecule has 0 atom stereocenters. The molecule has 0 aliphatic carbocycles. The van der Waals surface area contributed by atoms with Crippen molar-refractivity contribution in [3.63, 3.8) is 0 Å². The molecule has 20 heavy (non-hydrogen) atoms. The lowest BCUT2D eigenvalue weighted by Gasteiger charge is -2.17. The molecule has 0 radical (unpaired) electrons. The molecule has 0 saturated heterocycles. The van der Waals surface area contributed by atoms with Crippen LogP contribution in [0.2, 0.25) is 0 Å². The summed E-state index contributed by atoms with van der Waals surface area (Å²) in [7, 11) is 2.03. The molecule has 2 rings (SSSR count). The summed E-state index contributed by atoms with van der Waals surface area (Å²) in [6.45, 7) is 4.31. The zero-order chi connectivity index (χ0) is 14.4. The number of ether oxygens (including phenoxy) is 1. The van der Waals surface area contributed by atoms with Crippen molar-refractivity contribution in [1.29, 1.82) is 0 Å². The number of hydrogen-bond donors (Lipinski definition) is 0. The zero-order valence-corrected chi connectivity index (χ0v) is 12.0. The minimum Gasteiger partial charge on any atom is -0.492 e. The number of halogens is 1. The summed E-state index contributed by atoms with van der Waals surface area (Å²) in [5.74, 6) is 0.699. The largest absolute Gasteiger partial charge is 0.492 e. The van der Waals surface area contributed by atoms with E-state index in [0.29, 0.717) is 6.61 Å². The molecular weight excluding hydrogens is 253 g/mol. The van der Waals surface area contributed by atoms with Gasteiger partial charge in [0.1, 0.15) is 18.2 Å². The van der Waals surface area contributed by atoms with Crippen molar-refractivity contribution in [3.8, 4) is 5.75 Å². The molecule has 2 aromatic rings. The standard InChI is InChI=1S/C17H20FNO/c1-14-3-9-17(10-4-14)20-12-11-19(2)13-15-5-7-16(18)8-6-15/h3-10H,11-13H2,1-2H3. The predicted molar refractivity (Wildman–Crippen MR) is 79.4 cm³/mol. The zero-order valence-electron chi connectivity index (χ0n) is 12.0. The first-order valence-electron chi connectivity index (χ1n) is 6.76. The second kappa shape index (κ2) is 7.06. The van der Waals surface area contributed by atoms with E-state index in [2.05, 4.69) is 11.8 Å². The molecule has 0 aliphatic heterocycles. The minimum absolute atomic E-state index is 0.195. The first-order valence-corrected chi connectivity index (χ1v) is 6.76. The number of rotatable bonds is 6. The molecular formula is C17H20FNO. The van der Waals surface area contributed by atoms with Gasteiger partial charge in [0.05, 0.1) is 0 Å². The molecule has 3 heteroatoms. The Hall–Kier alpha value is -1.87. The van der Waals surface area contributed by atoms with Crippen molar-refractivity contribution in [2.24, 2.45) is 0 Å². The fourth-order valence-electron chi connectivity index (χ4n) is 1.93. The molecule has 2 nitrogen and oxygen atoms in total. The van der Waals surface area contributed by atoms with Crippen LogP contribution in [0.5, 0.6) is 5.75 Å². The van der Waals surface area contributed by atoms with Gasteiger partial charge in [0.25, 0.3) is 0 Å². The molecule has 0 aromatic heterocycles. The van der Waals surface area contributed by atoms with Gasteiger partial charge >= 0.3 is 0 Å². The summed E-state index contributed by atoms with van der Waals surface area (Å²) in [6.07, 6.45) is 0. The number of likely N-dealkylation sites (N-methyl/N-ethyl adjacent to an activating group) is 1. The van der Waals surface area contributed by atoms with E-state index in [-0.39, 0.29) is 5.82 Å². The lowest BCUT2D eigenvalue weighted by Crippen LogP contribution is -2.23. The average molecular weight is 273 g/mol. The molecule has 0 saturated carbocycles. The fourth-order valence-corrected chi connectivity index (χ4v) is 1.93. The van der Waals surface area contributed by atoms with Crippen LogP contribution in [0, 0.1) is 12.7 Å². The SMILES string of the molecule is Cc1ccc(OCCN(C)Cc2ccc(F)cc2)cc1. The van der Waals surface area contributed by atoms with Gasteiger partial charge in [0.2, 0.25) is 0 Å². The van der Waals surface area contributed by atoms with Crippen LogP contribution >= 0.6 is 0 Å². The van der Waals surface area contributed by atoms with Crippen LogP contribution in [-0.4, -0.2) is 25.1 Å². The number of nitrogens with zero attached hydrogens (tertiary/aromatic N) is 1. The summed E-state index contributed by atoms with van der Waals surface area (Å²) in [5, 5.41) is 0. The quantitative estimate of drug-likeness (QED) is 0.796. The number of aryl methyl sites for hydroxylation is 1. The molecule has 0 N–H and O–H groups in total. The van der Waals surface area contributed by atoms with Gasteiger partial charge < -0.3 is 4.74 Å². The van der Waals surface area contributed by atoms with Crippen LogP contribution in [0.4, 0.5) is 4.39 Å². The molecule has 0 fully saturated rings. The van der Waals surface area contributed by atoms with Gasteiger partial charge in [-0.15, -0.1) is 0 Å². The van der Waals surface area contributed by atoms with E-state index in [1.165, 1.54) is 17.7 Å². The maximum atomic E-state index is 12.8. The number of hydrogen-bond acceptors (Lipinski definition) is 2. The second-order valence-corrected chi connectivity index (χ2v) is 5.03. The third-order valence-electron chi connectivity index (χ3n) is 3.13. The molecule has 0 spiro atoms. The smallest absolute Gasteiger partial charge is 0.123 e. The Kier molecular flexibility index (Phi) is 5.13. The maximum absolute atomic E-state index is 12.8. The van der Waals surface area contributed by atoms with Crippen LogP contribution in [0.3, 0.4) is 0 Å². The molecule has 0 heterocycles. The van der Waals surface area contributed by atoms with Gasteiger partial charge in [-0.1, -0.05) is 29.8 Å². The van der Waals surface area contributed by atoms with Crippen LogP contribution in [0.25, 0.3) is 0 Å². The van der Waals surface area contributed by atoms with Gasteiger partial charge in [-0.3, -0.25) is 4.90 Å². The van der Waals surface area contributed by atoms with Crippen LogP contribution in [0.1, 0.15) is 11.1 Å². The van der Waals surface area contributed by atoms with Crippen LogP contribution < -0.4 is 4.74 Å². The lowest BCUT2D eigenvalue weighted by atomic mass is 10.2. The maximum Gasteiger partial charge on any atom is 0.123 e. The Morgan fingerprint density at radius 2 is 1.65 bits per heavy atom. The first kappa shape index (κ1) is 14.5. The van der Waals surface area contributed by atoms with E-state index >= 15 is 0 Å². The predicted octanol–water partition coefficient (Wildman–Crippen LogP) is 3.64. The monoisotopic (exact) mass is 273 g/mol. The van der Waals surface area contributed by atoms with Gasteiger partial charge in [0.15, 0.2) is 0 Å². The highest BCUT2D eigenvalue weighted by molar-refractivity contribution is 5.26. The van der Waals surface area contributed by atoms with Crippen molar-refractivity contribution in [3.05, 3.63) is 65.5 Å². The van der Waals surface area contributed by atoms with Crippen molar-refractivity contribution >= 4 is 0 Å². The topological polar surface area (TPSA) is 12.5 Å². The lowest BCUT2D eigenvalue weighted by molar-refractivity contribution is 0.233. The minimum atomic E-state index is -0.195. The second-order valence-electron chi connectivity index (χ2n) is 5.03. The third kappa shape index (κ3) is 4.67. The summed E-state index contributed by atoms with van der Waals surface area (Å²) in [4.78, 5) is 2.15. The first-order chi connectivity index (χ1) is 9.63. The molecule has 0 amide bonds. The van der Waals surface area contributed by atoms with Gasteiger partial charge in [-0.25, -0.2) is 4.39 Å². The normalized spacial score (nSPS) is 10.8. The average Bonchev–Trinajstić information content (AvgIpc) is 2.44. The summed E-state index contributed by atoms with van der Waals surface area (Å²) < 4.78 is 18.5. The third-order valence-corrected chi connectivity index (χ3v) is 3.13. The highest BCUT2D eigenvalue weighted by atomic mass is 19.1. The molecule has 0 bridgehead atoms. The Bertz CT molecular complexity index is 522. The van der Waals surface area contributed by atoms with E-state index < -0.39 is 0 Å². The molecule has 0 aliphatic rings. The molecule has 106 valence electrons. The van der Waals surface area contributed by atoms with Crippen molar-refractivity contribution < 1.29 is 9.13 Å². The van der Waals surface area contributed by atoms with Gasteiger partial charge in [-0.2, -0.15) is 0 Å². The van der Waals surface area contributed by atoms with Crippen LogP contribution in [0.15, 0.2) is 48.5 Å². The van der Waals surface area contributed by atoms with Crippen molar-refractivity contribution in [1.82, 2.24) is 4.90 Å². The Balaban J connectivity index is 1.73. The number of benzene rings is 2. The van der Waals surface area contributed by atoms with E-state index in [0.717, 1.165) is 24.4 Å². The molecule has 0 unspecified atom stereocenters.